The van der Waals surface area contributed by atoms with Crippen LogP contribution in [0.5, 0.6) is 5.75 Å². The first-order valence-electron chi connectivity index (χ1n) is 12.6. The van der Waals surface area contributed by atoms with Crippen molar-refractivity contribution in [1.82, 2.24) is 10.2 Å². The van der Waals surface area contributed by atoms with E-state index in [1.165, 1.54) is 6.42 Å². The van der Waals surface area contributed by atoms with Crippen LogP contribution in [0.1, 0.15) is 76.3 Å². The minimum Gasteiger partial charge on any atom is -0.483 e. The van der Waals surface area contributed by atoms with Crippen molar-refractivity contribution in [2.75, 3.05) is 6.61 Å². The van der Waals surface area contributed by atoms with Crippen LogP contribution in [0.2, 0.25) is 10.0 Å². The monoisotopic (exact) mass is 518 g/mol. The number of nitrogens with zero attached hydrogens (tertiary/aromatic N) is 1. The summed E-state index contributed by atoms with van der Waals surface area (Å²) in [6.45, 7) is 6.12. The van der Waals surface area contributed by atoms with Crippen molar-refractivity contribution in [2.24, 2.45) is 0 Å². The van der Waals surface area contributed by atoms with Crippen LogP contribution in [0.4, 0.5) is 0 Å². The minimum atomic E-state index is -0.625. The number of nitrogens with one attached hydrogen (secondary N) is 1. The molecule has 5 nitrogen and oxygen atoms in total. The van der Waals surface area contributed by atoms with Crippen molar-refractivity contribution >= 4 is 35.0 Å². The molecule has 2 amide bonds. The zero-order valence-corrected chi connectivity index (χ0v) is 22.4. The number of ether oxygens (including phenoxy) is 1. The zero-order chi connectivity index (χ0) is 25.4. The average molecular weight is 520 g/mol. The summed E-state index contributed by atoms with van der Waals surface area (Å²) in [6, 6.07) is 12.5. The fourth-order valence-corrected chi connectivity index (χ4v) is 5.08. The van der Waals surface area contributed by atoms with Crippen molar-refractivity contribution in [3.63, 3.8) is 0 Å². The third-order valence-electron chi connectivity index (χ3n) is 6.59. The van der Waals surface area contributed by atoms with E-state index in [2.05, 4.69) is 19.2 Å². The highest BCUT2D eigenvalue weighted by atomic mass is 35.5. The molecule has 0 spiro atoms. The summed E-state index contributed by atoms with van der Waals surface area (Å²) in [5.41, 5.74) is 1.77. The van der Waals surface area contributed by atoms with Gasteiger partial charge in [-0.05, 0) is 54.5 Å². The minimum absolute atomic E-state index is 0.125. The quantitative estimate of drug-likeness (QED) is 0.378. The third kappa shape index (κ3) is 7.62. The molecule has 3 rings (SSSR count). The summed E-state index contributed by atoms with van der Waals surface area (Å²) >= 11 is 12.5. The molecule has 1 aliphatic rings. The lowest BCUT2D eigenvalue weighted by Crippen LogP contribution is -2.52. The molecule has 0 heterocycles. The van der Waals surface area contributed by atoms with Crippen molar-refractivity contribution in [3.8, 4) is 5.75 Å². The Morgan fingerprint density at radius 1 is 1.09 bits per heavy atom. The maximum atomic E-state index is 13.5. The van der Waals surface area contributed by atoms with Gasteiger partial charge in [-0.15, -0.1) is 0 Å². The number of carbonyl (C=O) groups excluding carboxylic acids is 2. The lowest BCUT2D eigenvalue weighted by atomic mass is 9.95. The summed E-state index contributed by atoms with van der Waals surface area (Å²) in [6.07, 6.45) is 5.89. The Balaban J connectivity index is 1.81. The van der Waals surface area contributed by atoms with Crippen LogP contribution < -0.4 is 10.1 Å². The SMILES string of the molecule is CC[C@H](C(=O)NC1CCCCC1)N(Cc1ccc(Cl)cc1Cl)C(=O)COc1ccccc1C(C)C. The molecule has 0 radical (unpaired) electrons. The first-order chi connectivity index (χ1) is 16.8. The Bertz CT molecular complexity index is 1010. The predicted molar refractivity (Wildman–Crippen MR) is 142 cm³/mol. The molecule has 0 aromatic heterocycles. The Labute approximate surface area is 219 Å². The molecule has 0 bridgehead atoms. The van der Waals surface area contributed by atoms with Crippen LogP contribution in [0.3, 0.4) is 0 Å². The molecule has 1 atom stereocenters. The number of hydrogen-bond donors (Lipinski definition) is 1. The average Bonchev–Trinajstić information content (AvgIpc) is 2.84. The second kappa shape index (κ2) is 13.2. The molecule has 7 heteroatoms. The first-order valence-corrected chi connectivity index (χ1v) is 13.3. The van der Waals surface area contributed by atoms with Crippen molar-refractivity contribution in [3.05, 3.63) is 63.6 Å². The second-order valence-corrected chi connectivity index (χ2v) is 10.3. The van der Waals surface area contributed by atoms with E-state index in [1.54, 1.807) is 23.1 Å². The van der Waals surface area contributed by atoms with Gasteiger partial charge >= 0.3 is 0 Å². The lowest BCUT2D eigenvalue weighted by Gasteiger charge is -2.33. The van der Waals surface area contributed by atoms with Crippen LogP contribution >= 0.6 is 23.2 Å². The van der Waals surface area contributed by atoms with Gasteiger partial charge in [0, 0.05) is 22.6 Å². The van der Waals surface area contributed by atoms with Crippen molar-refractivity contribution < 1.29 is 14.3 Å². The summed E-state index contributed by atoms with van der Waals surface area (Å²) < 4.78 is 5.98. The van der Waals surface area contributed by atoms with E-state index in [0.717, 1.165) is 36.8 Å². The van der Waals surface area contributed by atoms with Gasteiger partial charge in [-0.2, -0.15) is 0 Å². The molecular formula is C28H36Cl2N2O3. The van der Waals surface area contributed by atoms with Crippen LogP contribution in [-0.2, 0) is 16.1 Å². The largest absolute Gasteiger partial charge is 0.483 e. The number of carbonyl (C=O) groups is 2. The maximum Gasteiger partial charge on any atom is 0.261 e. The molecule has 0 aliphatic heterocycles. The fraction of sp³-hybridized carbons (Fsp3) is 0.500. The molecule has 1 N–H and O–H groups in total. The Morgan fingerprint density at radius 2 is 1.80 bits per heavy atom. The molecule has 35 heavy (non-hydrogen) atoms. The van der Waals surface area contributed by atoms with Crippen LogP contribution in [-0.4, -0.2) is 35.4 Å². The Hall–Kier alpha value is -2.24. The Morgan fingerprint density at radius 3 is 2.46 bits per heavy atom. The number of para-hydroxylation sites is 1. The molecule has 190 valence electrons. The molecule has 2 aromatic carbocycles. The number of hydrogen-bond acceptors (Lipinski definition) is 3. The number of rotatable bonds is 10. The van der Waals surface area contributed by atoms with E-state index < -0.39 is 6.04 Å². The number of benzene rings is 2. The molecule has 0 saturated heterocycles. The van der Waals surface area contributed by atoms with Crippen molar-refractivity contribution in [2.45, 2.75) is 83.8 Å². The summed E-state index contributed by atoms with van der Waals surface area (Å²) in [5, 5.41) is 4.17. The van der Waals surface area contributed by atoms with E-state index in [0.29, 0.717) is 22.2 Å². The second-order valence-electron chi connectivity index (χ2n) is 9.51. The van der Waals surface area contributed by atoms with E-state index in [1.807, 2.05) is 31.2 Å². The highest BCUT2D eigenvalue weighted by molar-refractivity contribution is 6.35. The van der Waals surface area contributed by atoms with Crippen LogP contribution in [0.15, 0.2) is 42.5 Å². The van der Waals surface area contributed by atoms with Gasteiger partial charge in [-0.25, -0.2) is 0 Å². The van der Waals surface area contributed by atoms with Gasteiger partial charge in [0.2, 0.25) is 5.91 Å². The van der Waals surface area contributed by atoms with E-state index in [-0.39, 0.29) is 36.9 Å². The van der Waals surface area contributed by atoms with Gasteiger partial charge in [0.25, 0.3) is 5.91 Å². The van der Waals surface area contributed by atoms with E-state index >= 15 is 0 Å². The zero-order valence-electron chi connectivity index (χ0n) is 20.9. The Kier molecular flexibility index (Phi) is 10.3. The topological polar surface area (TPSA) is 58.6 Å². The fourth-order valence-electron chi connectivity index (χ4n) is 4.61. The number of halogens is 2. The highest BCUT2D eigenvalue weighted by Gasteiger charge is 2.31. The predicted octanol–water partition coefficient (Wildman–Crippen LogP) is 6.75. The standard InChI is InChI=1S/C28H36Cl2N2O3/c1-4-25(28(34)31-22-10-6-5-7-11-22)32(17-20-14-15-21(29)16-24(20)30)27(33)18-35-26-13-9-8-12-23(26)19(2)3/h8-9,12-16,19,22,25H,4-7,10-11,17-18H2,1-3H3,(H,31,34)/t25-/m1/s1. The van der Waals surface area contributed by atoms with Gasteiger partial charge in [-0.1, -0.05) is 87.5 Å². The molecule has 2 aromatic rings. The summed E-state index contributed by atoms with van der Waals surface area (Å²) in [5.74, 6) is 0.551. The van der Waals surface area contributed by atoms with Gasteiger partial charge in [-0.3, -0.25) is 9.59 Å². The molecule has 1 fully saturated rings. The highest BCUT2D eigenvalue weighted by Crippen LogP contribution is 2.27. The summed E-state index contributed by atoms with van der Waals surface area (Å²) in [7, 11) is 0. The lowest BCUT2D eigenvalue weighted by molar-refractivity contribution is -0.143. The van der Waals surface area contributed by atoms with E-state index in [9.17, 15) is 9.59 Å². The normalized spacial score (nSPS) is 15.0. The number of amides is 2. The molecule has 0 unspecified atom stereocenters. The van der Waals surface area contributed by atoms with Gasteiger partial charge in [0.05, 0.1) is 0 Å². The first kappa shape index (κ1) is 27.3. The molecule has 1 saturated carbocycles. The molecule has 1 aliphatic carbocycles. The smallest absolute Gasteiger partial charge is 0.261 e. The maximum absolute atomic E-state index is 13.5. The van der Waals surface area contributed by atoms with Crippen LogP contribution in [0, 0.1) is 0 Å². The van der Waals surface area contributed by atoms with Crippen LogP contribution in [0.25, 0.3) is 0 Å². The summed E-state index contributed by atoms with van der Waals surface area (Å²) in [4.78, 5) is 28.5. The van der Waals surface area contributed by atoms with Gasteiger partial charge < -0.3 is 15.0 Å². The third-order valence-corrected chi connectivity index (χ3v) is 7.17. The van der Waals surface area contributed by atoms with Gasteiger partial charge in [0.15, 0.2) is 6.61 Å². The van der Waals surface area contributed by atoms with Gasteiger partial charge in [0.1, 0.15) is 11.8 Å². The van der Waals surface area contributed by atoms with Crippen molar-refractivity contribution in [1.29, 1.82) is 0 Å². The van der Waals surface area contributed by atoms with E-state index in [4.69, 9.17) is 27.9 Å². The molecular weight excluding hydrogens is 483 g/mol.